The topological polar surface area (TPSA) is 38.7 Å². The predicted octanol–water partition coefficient (Wildman–Crippen LogP) is 1.45. The molecule has 1 saturated heterocycles. The molecule has 1 fully saturated rings. The summed E-state index contributed by atoms with van der Waals surface area (Å²) in [5.74, 6) is 0.583. The summed E-state index contributed by atoms with van der Waals surface area (Å²) in [6, 6.07) is 0. The first kappa shape index (κ1) is 12.0. The Morgan fingerprint density at radius 1 is 1.50 bits per heavy atom. The number of ether oxygens (including phenoxy) is 2. The molecule has 0 saturated carbocycles. The lowest BCUT2D eigenvalue weighted by atomic mass is 9.85. The molecule has 1 aliphatic heterocycles. The van der Waals surface area contributed by atoms with E-state index in [-0.39, 0.29) is 12.0 Å². The molecule has 1 unspecified atom stereocenters. The quantitative estimate of drug-likeness (QED) is 0.662. The van der Waals surface area contributed by atoms with Crippen LogP contribution in [0.3, 0.4) is 0 Å². The SMILES string of the molecule is CC(C)COCCC1(CO)CCOC1. The lowest BCUT2D eigenvalue weighted by Gasteiger charge is -2.24. The Bertz CT molecular complexity index is 151. The molecule has 1 aliphatic rings. The lowest BCUT2D eigenvalue weighted by Crippen LogP contribution is -2.27. The molecule has 0 spiro atoms. The van der Waals surface area contributed by atoms with Gasteiger partial charge in [-0.3, -0.25) is 0 Å². The Labute approximate surface area is 86.4 Å². The van der Waals surface area contributed by atoms with Crippen molar-refractivity contribution in [3.05, 3.63) is 0 Å². The van der Waals surface area contributed by atoms with Crippen LogP contribution >= 0.6 is 0 Å². The summed E-state index contributed by atoms with van der Waals surface area (Å²) in [6.07, 6.45) is 1.88. The molecule has 1 heterocycles. The second kappa shape index (κ2) is 5.69. The summed E-state index contributed by atoms with van der Waals surface area (Å²) in [6.45, 7) is 7.52. The molecular formula is C11H22O3. The zero-order valence-corrected chi connectivity index (χ0v) is 9.29. The van der Waals surface area contributed by atoms with Gasteiger partial charge >= 0.3 is 0 Å². The minimum absolute atomic E-state index is 0.0169. The molecule has 0 bridgehead atoms. The first-order chi connectivity index (χ1) is 6.68. The third kappa shape index (κ3) is 3.56. The van der Waals surface area contributed by atoms with Gasteiger partial charge in [0, 0.05) is 25.2 Å². The molecule has 84 valence electrons. The van der Waals surface area contributed by atoms with Crippen LogP contribution < -0.4 is 0 Å². The normalized spacial score (nSPS) is 27.4. The maximum Gasteiger partial charge on any atom is 0.0546 e. The molecule has 1 rings (SSSR count). The number of aliphatic hydroxyl groups excluding tert-OH is 1. The summed E-state index contributed by atoms with van der Waals surface area (Å²) in [5.41, 5.74) is -0.0169. The van der Waals surface area contributed by atoms with Crippen molar-refractivity contribution in [1.29, 1.82) is 0 Å². The third-order valence-electron chi connectivity index (χ3n) is 2.75. The van der Waals surface area contributed by atoms with E-state index >= 15 is 0 Å². The largest absolute Gasteiger partial charge is 0.396 e. The van der Waals surface area contributed by atoms with Gasteiger partial charge in [0.15, 0.2) is 0 Å². The van der Waals surface area contributed by atoms with E-state index in [1.165, 1.54) is 0 Å². The van der Waals surface area contributed by atoms with Crippen LogP contribution in [-0.2, 0) is 9.47 Å². The van der Waals surface area contributed by atoms with Crippen LogP contribution in [0.25, 0.3) is 0 Å². The van der Waals surface area contributed by atoms with E-state index in [0.717, 1.165) is 32.7 Å². The summed E-state index contributed by atoms with van der Waals surface area (Å²) in [7, 11) is 0. The molecule has 3 nitrogen and oxygen atoms in total. The Hall–Kier alpha value is -0.120. The lowest BCUT2D eigenvalue weighted by molar-refractivity contribution is 0.0386. The van der Waals surface area contributed by atoms with Crippen molar-refractivity contribution in [1.82, 2.24) is 0 Å². The van der Waals surface area contributed by atoms with Gasteiger partial charge in [-0.05, 0) is 18.8 Å². The minimum atomic E-state index is -0.0169. The van der Waals surface area contributed by atoms with Gasteiger partial charge < -0.3 is 14.6 Å². The molecule has 14 heavy (non-hydrogen) atoms. The molecule has 0 aromatic rings. The van der Waals surface area contributed by atoms with Gasteiger partial charge in [-0.25, -0.2) is 0 Å². The molecule has 0 aliphatic carbocycles. The Balaban J connectivity index is 2.15. The highest BCUT2D eigenvalue weighted by atomic mass is 16.5. The molecular weight excluding hydrogens is 180 g/mol. The fourth-order valence-electron chi connectivity index (χ4n) is 1.66. The number of aliphatic hydroxyl groups is 1. The number of rotatable bonds is 6. The summed E-state index contributed by atoms with van der Waals surface area (Å²) in [4.78, 5) is 0. The van der Waals surface area contributed by atoms with Crippen LogP contribution in [0.15, 0.2) is 0 Å². The van der Waals surface area contributed by atoms with E-state index in [9.17, 15) is 5.11 Å². The Kier molecular flexibility index (Phi) is 4.85. The fourth-order valence-corrected chi connectivity index (χ4v) is 1.66. The van der Waals surface area contributed by atoms with Crippen LogP contribution in [0.1, 0.15) is 26.7 Å². The average molecular weight is 202 g/mol. The number of hydrogen-bond acceptors (Lipinski definition) is 3. The van der Waals surface area contributed by atoms with Gasteiger partial charge in [0.2, 0.25) is 0 Å². The van der Waals surface area contributed by atoms with Crippen LogP contribution in [-0.4, -0.2) is 38.1 Å². The van der Waals surface area contributed by atoms with Crippen molar-refractivity contribution in [3.63, 3.8) is 0 Å². The van der Waals surface area contributed by atoms with Crippen LogP contribution in [0, 0.1) is 11.3 Å². The second-order valence-corrected chi connectivity index (χ2v) is 4.68. The standard InChI is InChI=1S/C11H22O3/c1-10(2)7-13-5-3-11(8-12)4-6-14-9-11/h10,12H,3-9H2,1-2H3. The smallest absolute Gasteiger partial charge is 0.0546 e. The van der Waals surface area contributed by atoms with Gasteiger partial charge in [0.05, 0.1) is 13.2 Å². The average Bonchev–Trinajstić information content (AvgIpc) is 2.62. The highest BCUT2D eigenvalue weighted by Crippen LogP contribution is 2.31. The maximum atomic E-state index is 9.29. The molecule has 0 radical (unpaired) electrons. The van der Waals surface area contributed by atoms with Crippen molar-refractivity contribution >= 4 is 0 Å². The second-order valence-electron chi connectivity index (χ2n) is 4.68. The van der Waals surface area contributed by atoms with E-state index in [4.69, 9.17) is 9.47 Å². The van der Waals surface area contributed by atoms with Gasteiger partial charge in [-0.15, -0.1) is 0 Å². The van der Waals surface area contributed by atoms with Crippen molar-refractivity contribution < 1.29 is 14.6 Å². The summed E-state index contributed by atoms with van der Waals surface area (Å²) < 4.78 is 10.8. The van der Waals surface area contributed by atoms with E-state index in [1.807, 2.05) is 0 Å². The highest BCUT2D eigenvalue weighted by molar-refractivity contribution is 4.82. The summed E-state index contributed by atoms with van der Waals surface area (Å²) >= 11 is 0. The van der Waals surface area contributed by atoms with Gasteiger partial charge in [-0.2, -0.15) is 0 Å². The monoisotopic (exact) mass is 202 g/mol. The van der Waals surface area contributed by atoms with Crippen molar-refractivity contribution in [2.75, 3.05) is 33.0 Å². The molecule has 0 aromatic carbocycles. The highest BCUT2D eigenvalue weighted by Gasteiger charge is 2.33. The van der Waals surface area contributed by atoms with Crippen molar-refractivity contribution in [2.24, 2.45) is 11.3 Å². The van der Waals surface area contributed by atoms with E-state index in [0.29, 0.717) is 12.5 Å². The summed E-state index contributed by atoms with van der Waals surface area (Å²) in [5, 5.41) is 9.29. The fraction of sp³-hybridized carbons (Fsp3) is 1.00. The first-order valence-electron chi connectivity index (χ1n) is 5.45. The van der Waals surface area contributed by atoms with Crippen LogP contribution in [0.5, 0.6) is 0 Å². The molecule has 3 heteroatoms. The predicted molar refractivity (Wildman–Crippen MR) is 55.2 cm³/mol. The van der Waals surface area contributed by atoms with Gasteiger partial charge in [-0.1, -0.05) is 13.8 Å². The molecule has 0 aromatic heterocycles. The zero-order chi connectivity index (χ0) is 10.4. The maximum absolute atomic E-state index is 9.29. The van der Waals surface area contributed by atoms with Gasteiger partial charge in [0.25, 0.3) is 0 Å². The Morgan fingerprint density at radius 2 is 2.29 bits per heavy atom. The van der Waals surface area contributed by atoms with E-state index < -0.39 is 0 Å². The first-order valence-corrected chi connectivity index (χ1v) is 5.45. The molecule has 1 N–H and O–H groups in total. The van der Waals surface area contributed by atoms with Crippen LogP contribution in [0.2, 0.25) is 0 Å². The number of hydrogen-bond donors (Lipinski definition) is 1. The Morgan fingerprint density at radius 3 is 2.79 bits per heavy atom. The minimum Gasteiger partial charge on any atom is -0.396 e. The van der Waals surface area contributed by atoms with Crippen LogP contribution in [0.4, 0.5) is 0 Å². The van der Waals surface area contributed by atoms with Gasteiger partial charge in [0.1, 0.15) is 0 Å². The zero-order valence-electron chi connectivity index (χ0n) is 9.29. The third-order valence-corrected chi connectivity index (χ3v) is 2.75. The van der Waals surface area contributed by atoms with Crippen molar-refractivity contribution in [2.45, 2.75) is 26.7 Å². The van der Waals surface area contributed by atoms with E-state index in [2.05, 4.69) is 13.8 Å². The van der Waals surface area contributed by atoms with Crippen molar-refractivity contribution in [3.8, 4) is 0 Å². The van der Waals surface area contributed by atoms with E-state index in [1.54, 1.807) is 0 Å². The molecule has 0 amide bonds. The molecule has 1 atom stereocenters.